The minimum atomic E-state index is 0.433. The Hall–Kier alpha value is -2.00. The SMILES string of the molecule is COc1ccc2c(c1)C1NCCCC1C2c1cccc(N)c1. The molecule has 22 heavy (non-hydrogen) atoms. The lowest BCUT2D eigenvalue weighted by Crippen LogP contribution is -2.32. The predicted molar refractivity (Wildman–Crippen MR) is 89.2 cm³/mol. The van der Waals surface area contributed by atoms with Crippen LogP contribution in [0.1, 0.15) is 41.5 Å². The summed E-state index contributed by atoms with van der Waals surface area (Å²) in [7, 11) is 1.73. The second kappa shape index (κ2) is 5.33. The summed E-state index contributed by atoms with van der Waals surface area (Å²) in [5.74, 6) is 1.98. The zero-order valence-electron chi connectivity index (χ0n) is 12.9. The maximum Gasteiger partial charge on any atom is 0.119 e. The summed E-state index contributed by atoms with van der Waals surface area (Å²) in [6, 6.07) is 15.3. The number of rotatable bonds is 2. The average Bonchev–Trinajstić information content (AvgIpc) is 2.88. The third-order valence-corrected chi connectivity index (χ3v) is 5.17. The molecule has 3 unspecified atom stereocenters. The van der Waals surface area contributed by atoms with Crippen LogP contribution in [-0.4, -0.2) is 13.7 Å². The molecule has 1 fully saturated rings. The zero-order chi connectivity index (χ0) is 15.1. The molecule has 1 aliphatic carbocycles. The highest BCUT2D eigenvalue weighted by Gasteiger charge is 2.42. The number of fused-ring (bicyclic) bond motifs is 3. The van der Waals surface area contributed by atoms with Gasteiger partial charge in [-0.15, -0.1) is 0 Å². The van der Waals surface area contributed by atoms with Crippen molar-refractivity contribution in [3.63, 3.8) is 0 Å². The number of benzene rings is 2. The predicted octanol–water partition coefficient (Wildman–Crippen LogP) is 3.46. The number of nitrogens with two attached hydrogens (primary N) is 1. The largest absolute Gasteiger partial charge is 0.497 e. The summed E-state index contributed by atoms with van der Waals surface area (Å²) < 4.78 is 5.43. The minimum Gasteiger partial charge on any atom is -0.497 e. The lowest BCUT2D eigenvalue weighted by atomic mass is 9.80. The van der Waals surface area contributed by atoms with Gasteiger partial charge in [0, 0.05) is 17.6 Å². The van der Waals surface area contributed by atoms with Gasteiger partial charge in [-0.2, -0.15) is 0 Å². The van der Waals surface area contributed by atoms with E-state index in [0.717, 1.165) is 18.0 Å². The van der Waals surface area contributed by atoms with Gasteiger partial charge in [0.05, 0.1) is 7.11 Å². The van der Waals surface area contributed by atoms with Crippen molar-refractivity contribution in [2.75, 3.05) is 19.4 Å². The van der Waals surface area contributed by atoms with Gasteiger partial charge in [-0.05, 0) is 66.3 Å². The molecule has 2 aromatic rings. The minimum absolute atomic E-state index is 0.433. The summed E-state index contributed by atoms with van der Waals surface area (Å²) in [5.41, 5.74) is 11.0. The van der Waals surface area contributed by atoms with Gasteiger partial charge in [0.2, 0.25) is 0 Å². The number of nitrogen functional groups attached to an aromatic ring is 1. The highest BCUT2D eigenvalue weighted by atomic mass is 16.5. The number of piperidine rings is 1. The van der Waals surface area contributed by atoms with E-state index in [9.17, 15) is 0 Å². The van der Waals surface area contributed by atoms with Crippen LogP contribution in [0.5, 0.6) is 5.75 Å². The first-order chi connectivity index (χ1) is 10.8. The molecule has 0 bridgehead atoms. The van der Waals surface area contributed by atoms with Crippen LogP contribution in [0.25, 0.3) is 0 Å². The zero-order valence-corrected chi connectivity index (χ0v) is 12.9. The first-order valence-electron chi connectivity index (χ1n) is 8.04. The Labute approximate surface area is 131 Å². The summed E-state index contributed by atoms with van der Waals surface area (Å²) in [4.78, 5) is 0. The van der Waals surface area contributed by atoms with Crippen LogP contribution < -0.4 is 15.8 Å². The maximum absolute atomic E-state index is 6.02. The molecular weight excluding hydrogens is 272 g/mol. The van der Waals surface area contributed by atoms with E-state index in [1.54, 1.807) is 7.11 Å². The molecule has 114 valence electrons. The van der Waals surface area contributed by atoms with Gasteiger partial charge >= 0.3 is 0 Å². The molecule has 3 nitrogen and oxygen atoms in total. The number of ether oxygens (including phenoxy) is 1. The van der Waals surface area contributed by atoms with Crippen molar-refractivity contribution in [2.45, 2.75) is 24.8 Å². The lowest BCUT2D eigenvalue weighted by molar-refractivity contribution is 0.286. The summed E-state index contributed by atoms with van der Waals surface area (Å²) in [6.07, 6.45) is 2.50. The van der Waals surface area contributed by atoms with Crippen molar-refractivity contribution in [1.29, 1.82) is 0 Å². The van der Waals surface area contributed by atoms with Crippen molar-refractivity contribution < 1.29 is 4.74 Å². The molecule has 2 aliphatic rings. The fourth-order valence-corrected chi connectivity index (χ4v) is 4.26. The van der Waals surface area contributed by atoms with Crippen LogP contribution in [-0.2, 0) is 0 Å². The van der Waals surface area contributed by atoms with E-state index in [1.807, 2.05) is 6.07 Å². The molecule has 3 atom stereocenters. The van der Waals surface area contributed by atoms with E-state index in [4.69, 9.17) is 10.5 Å². The molecule has 0 spiro atoms. The Bertz CT molecular complexity index is 698. The third-order valence-electron chi connectivity index (χ3n) is 5.17. The molecular formula is C19H22N2O. The summed E-state index contributed by atoms with van der Waals surface area (Å²) in [6.45, 7) is 1.10. The van der Waals surface area contributed by atoms with Crippen molar-refractivity contribution in [2.24, 2.45) is 5.92 Å². The Balaban J connectivity index is 1.84. The van der Waals surface area contributed by atoms with Gasteiger partial charge in [0.1, 0.15) is 5.75 Å². The Morgan fingerprint density at radius 3 is 2.86 bits per heavy atom. The Morgan fingerprint density at radius 2 is 2.05 bits per heavy atom. The van der Waals surface area contributed by atoms with E-state index in [0.29, 0.717) is 17.9 Å². The first-order valence-corrected chi connectivity index (χ1v) is 8.04. The normalized spacial score (nSPS) is 26.3. The van der Waals surface area contributed by atoms with E-state index in [-0.39, 0.29) is 0 Å². The summed E-state index contributed by atoms with van der Waals surface area (Å²) in [5, 5.41) is 3.72. The van der Waals surface area contributed by atoms with Crippen molar-refractivity contribution in [3.8, 4) is 5.75 Å². The van der Waals surface area contributed by atoms with E-state index in [1.165, 1.54) is 29.5 Å². The average molecular weight is 294 g/mol. The monoisotopic (exact) mass is 294 g/mol. The molecule has 1 heterocycles. The molecule has 3 heteroatoms. The van der Waals surface area contributed by atoms with Crippen LogP contribution in [0.2, 0.25) is 0 Å². The lowest BCUT2D eigenvalue weighted by Gasteiger charge is -2.31. The molecule has 1 aliphatic heterocycles. The molecule has 4 rings (SSSR count). The van der Waals surface area contributed by atoms with E-state index >= 15 is 0 Å². The second-order valence-corrected chi connectivity index (χ2v) is 6.38. The molecule has 0 radical (unpaired) electrons. The third kappa shape index (κ3) is 2.08. The number of hydrogen-bond acceptors (Lipinski definition) is 3. The van der Waals surface area contributed by atoms with E-state index in [2.05, 4.69) is 41.7 Å². The highest BCUT2D eigenvalue weighted by molar-refractivity contribution is 5.52. The van der Waals surface area contributed by atoms with Crippen molar-refractivity contribution in [3.05, 3.63) is 59.2 Å². The van der Waals surface area contributed by atoms with Crippen LogP contribution in [0.3, 0.4) is 0 Å². The van der Waals surface area contributed by atoms with E-state index < -0.39 is 0 Å². The second-order valence-electron chi connectivity index (χ2n) is 6.38. The molecule has 0 aromatic heterocycles. The quantitative estimate of drug-likeness (QED) is 0.834. The number of anilines is 1. The van der Waals surface area contributed by atoms with Gasteiger partial charge in [0.25, 0.3) is 0 Å². The maximum atomic E-state index is 6.02. The fraction of sp³-hybridized carbons (Fsp3) is 0.368. The fourth-order valence-electron chi connectivity index (χ4n) is 4.26. The van der Waals surface area contributed by atoms with Crippen LogP contribution in [0.15, 0.2) is 42.5 Å². The molecule has 0 saturated carbocycles. The Morgan fingerprint density at radius 1 is 1.14 bits per heavy atom. The summed E-state index contributed by atoms with van der Waals surface area (Å²) >= 11 is 0. The molecule has 1 saturated heterocycles. The van der Waals surface area contributed by atoms with Gasteiger partial charge in [-0.25, -0.2) is 0 Å². The van der Waals surface area contributed by atoms with Crippen LogP contribution >= 0.6 is 0 Å². The van der Waals surface area contributed by atoms with Crippen LogP contribution in [0.4, 0.5) is 5.69 Å². The number of hydrogen-bond donors (Lipinski definition) is 2. The van der Waals surface area contributed by atoms with Gasteiger partial charge in [-0.3, -0.25) is 0 Å². The first kappa shape index (κ1) is 13.6. The Kier molecular flexibility index (Phi) is 3.30. The van der Waals surface area contributed by atoms with Gasteiger partial charge in [0.15, 0.2) is 0 Å². The smallest absolute Gasteiger partial charge is 0.119 e. The number of methoxy groups -OCH3 is 1. The van der Waals surface area contributed by atoms with Crippen molar-refractivity contribution in [1.82, 2.24) is 5.32 Å². The molecule has 0 amide bonds. The number of nitrogens with one attached hydrogen (secondary N) is 1. The molecule has 2 aromatic carbocycles. The molecule has 3 N–H and O–H groups in total. The standard InChI is InChI=1S/C19H22N2O/c1-22-14-7-8-15-17(11-14)19-16(6-3-9-21-19)18(15)12-4-2-5-13(20)10-12/h2,4-5,7-8,10-11,16,18-19,21H,3,6,9,20H2,1H3. The topological polar surface area (TPSA) is 47.3 Å². The highest BCUT2D eigenvalue weighted by Crippen LogP contribution is 2.52. The van der Waals surface area contributed by atoms with Gasteiger partial charge < -0.3 is 15.8 Å². The van der Waals surface area contributed by atoms with Gasteiger partial charge in [-0.1, -0.05) is 18.2 Å². The van der Waals surface area contributed by atoms with Crippen LogP contribution in [0, 0.1) is 5.92 Å². The van der Waals surface area contributed by atoms with Crippen molar-refractivity contribution >= 4 is 5.69 Å².